The Kier molecular flexibility index (Phi) is 5.07. The molecule has 3 aromatic heterocycles. The van der Waals surface area contributed by atoms with E-state index in [-0.39, 0.29) is 18.0 Å². The third-order valence-corrected chi connectivity index (χ3v) is 6.81. The molecule has 1 saturated heterocycles. The van der Waals surface area contributed by atoms with Crippen molar-refractivity contribution in [3.05, 3.63) is 51.5 Å². The maximum atomic E-state index is 13.1. The van der Waals surface area contributed by atoms with E-state index >= 15 is 0 Å². The maximum Gasteiger partial charge on any atom is 0.268 e. The van der Waals surface area contributed by atoms with Crippen LogP contribution in [0.4, 0.5) is 0 Å². The average molecular weight is 456 g/mol. The third-order valence-electron chi connectivity index (χ3n) is 5.38. The van der Waals surface area contributed by atoms with Crippen LogP contribution in [0.15, 0.2) is 39.9 Å². The first-order valence-electron chi connectivity index (χ1n) is 9.87. The highest BCUT2D eigenvalue weighted by Crippen LogP contribution is 2.35. The molecule has 0 unspecified atom stereocenters. The summed E-state index contributed by atoms with van der Waals surface area (Å²) in [5, 5.41) is 5.10. The molecule has 5 rings (SSSR count). The number of aryl methyl sites for hydroxylation is 1. The Balaban J connectivity index is 1.50. The van der Waals surface area contributed by atoms with Crippen LogP contribution in [0.2, 0.25) is 5.02 Å². The minimum atomic E-state index is -0.243. The summed E-state index contributed by atoms with van der Waals surface area (Å²) in [6.45, 7) is 3.31. The molecule has 4 aromatic rings. The molecule has 1 aliphatic rings. The van der Waals surface area contributed by atoms with E-state index in [4.69, 9.17) is 16.1 Å². The number of hydrogen-bond donors (Lipinski definition) is 0. The Morgan fingerprint density at radius 2 is 2.10 bits per heavy atom. The molecule has 10 heteroatoms. The Labute approximate surface area is 186 Å². The highest BCUT2D eigenvalue weighted by molar-refractivity contribution is 7.22. The van der Waals surface area contributed by atoms with Crippen molar-refractivity contribution in [2.75, 3.05) is 13.1 Å². The van der Waals surface area contributed by atoms with Crippen LogP contribution in [0.25, 0.3) is 32.4 Å². The monoisotopic (exact) mass is 455 g/mol. The van der Waals surface area contributed by atoms with Gasteiger partial charge in [0.2, 0.25) is 11.7 Å². The number of benzene rings is 1. The summed E-state index contributed by atoms with van der Waals surface area (Å²) in [6, 6.07) is 7.18. The van der Waals surface area contributed by atoms with Gasteiger partial charge in [-0.1, -0.05) is 28.9 Å². The molecule has 1 aliphatic heterocycles. The van der Waals surface area contributed by atoms with Crippen molar-refractivity contribution in [1.82, 2.24) is 24.6 Å². The van der Waals surface area contributed by atoms with Gasteiger partial charge in [-0.15, -0.1) is 11.3 Å². The lowest BCUT2D eigenvalue weighted by Gasteiger charge is -2.15. The molecule has 8 nitrogen and oxygen atoms in total. The van der Waals surface area contributed by atoms with E-state index in [2.05, 4.69) is 15.1 Å². The fourth-order valence-corrected chi connectivity index (χ4v) is 5.00. The van der Waals surface area contributed by atoms with Gasteiger partial charge in [0.1, 0.15) is 11.4 Å². The zero-order valence-electron chi connectivity index (χ0n) is 16.7. The van der Waals surface area contributed by atoms with Crippen molar-refractivity contribution < 1.29 is 9.32 Å². The van der Waals surface area contributed by atoms with E-state index in [1.807, 2.05) is 19.1 Å². The zero-order chi connectivity index (χ0) is 21.5. The summed E-state index contributed by atoms with van der Waals surface area (Å²) in [4.78, 5) is 37.5. The number of likely N-dealkylation sites (tertiary alicyclic amines) is 1. The summed E-state index contributed by atoms with van der Waals surface area (Å²) in [6.07, 6.45) is 3.45. The van der Waals surface area contributed by atoms with E-state index in [1.165, 1.54) is 22.2 Å². The first-order valence-corrected chi connectivity index (χ1v) is 11.1. The number of thiophene rings is 1. The van der Waals surface area contributed by atoms with E-state index in [1.54, 1.807) is 17.0 Å². The minimum Gasteiger partial charge on any atom is -0.341 e. The van der Waals surface area contributed by atoms with Crippen molar-refractivity contribution in [3.8, 4) is 22.2 Å². The van der Waals surface area contributed by atoms with Gasteiger partial charge >= 0.3 is 0 Å². The van der Waals surface area contributed by atoms with Crippen LogP contribution >= 0.6 is 22.9 Å². The van der Waals surface area contributed by atoms with Crippen LogP contribution in [0.1, 0.15) is 18.4 Å². The van der Waals surface area contributed by atoms with Crippen LogP contribution in [-0.4, -0.2) is 43.6 Å². The number of carbonyl (C=O) groups is 1. The predicted octanol–water partition coefficient (Wildman–Crippen LogP) is 3.76. The molecule has 0 radical (unpaired) electrons. The van der Waals surface area contributed by atoms with Gasteiger partial charge in [0.15, 0.2) is 0 Å². The average Bonchev–Trinajstić information content (AvgIpc) is 3.50. The number of amides is 1. The number of hydrogen-bond acceptors (Lipinski definition) is 7. The first-order chi connectivity index (χ1) is 15.0. The number of carbonyl (C=O) groups excluding carboxylic acids is 1. The number of halogens is 1. The van der Waals surface area contributed by atoms with Crippen molar-refractivity contribution in [2.24, 2.45) is 0 Å². The second-order valence-corrected chi connectivity index (χ2v) is 8.87. The summed E-state index contributed by atoms with van der Waals surface area (Å²) >= 11 is 7.36. The maximum absolute atomic E-state index is 13.1. The van der Waals surface area contributed by atoms with Gasteiger partial charge in [0.25, 0.3) is 11.4 Å². The summed E-state index contributed by atoms with van der Waals surface area (Å²) in [5.74, 6) is 0.669. The van der Waals surface area contributed by atoms with Gasteiger partial charge in [-0.25, -0.2) is 4.98 Å². The predicted molar refractivity (Wildman–Crippen MR) is 118 cm³/mol. The molecule has 1 aromatic carbocycles. The Morgan fingerprint density at radius 3 is 2.87 bits per heavy atom. The van der Waals surface area contributed by atoms with E-state index in [9.17, 15) is 9.59 Å². The van der Waals surface area contributed by atoms with Gasteiger partial charge in [-0.05, 0) is 37.5 Å². The van der Waals surface area contributed by atoms with Crippen molar-refractivity contribution in [3.63, 3.8) is 0 Å². The molecular formula is C21H18ClN5O3S. The van der Waals surface area contributed by atoms with Crippen LogP contribution < -0.4 is 5.56 Å². The Hall–Kier alpha value is -3.04. The lowest BCUT2D eigenvalue weighted by Crippen LogP contribution is -2.34. The SMILES string of the molecule is Cc1c(-c2nc(-c3cccc(Cl)c3)no2)sc2ncn(CC(=O)N3CCCC3)c(=O)c12. The topological polar surface area (TPSA) is 94.1 Å². The quantitative estimate of drug-likeness (QED) is 0.465. The van der Waals surface area contributed by atoms with Gasteiger partial charge in [-0.3, -0.25) is 14.2 Å². The second-order valence-electron chi connectivity index (χ2n) is 7.44. The molecule has 0 saturated carbocycles. The molecule has 0 atom stereocenters. The highest BCUT2D eigenvalue weighted by Gasteiger charge is 2.23. The molecule has 0 spiro atoms. The van der Waals surface area contributed by atoms with Gasteiger partial charge < -0.3 is 9.42 Å². The van der Waals surface area contributed by atoms with Crippen molar-refractivity contribution in [1.29, 1.82) is 0 Å². The molecule has 1 fully saturated rings. The van der Waals surface area contributed by atoms with Crippen molar-refractivity contribution >= 4 is 39.1 Å². The van der Waals surface area contributed by atoms with Crippen LogP contribution in [-0.2, 0) is 11.3 Å². The van der Waals surface area contributed by atoms with E-state index in [0.717, 1.165) is 31.5 Å². The zero-order valence-corrected chi connectivity index (χ0v) is 18.2. The Morgan fingerprint density at radius 1 is 1.29 bits per heavy atom. The molecule has 0 N–H and O–H groups in total. The number of nitrogens with zero attached hydrogens (tertiary/aromatic N) is 5. The van der Waals surface area contributed by atoms with Gasteiger partial charge in [0.05, 0.1) is 16.6 Å². The fourth-order valence-electron chi connectivity index (χ4n) is 3.75. The first kappa shape index (κ1) is 19.9. The molecule has 0 bridgehead atoms. The molecule has 158 valence electrons. The molecule has 1 amide bonds. The standard InChI is InChI=1S/C21H18ClN5O3S/c1-12-16-20(23-11-27(21(16)29)10-15(28)26-7-2-3-8-26)31-17(12)19-24-18(25-30-19)13-5-4-6-14(22)9-13/h4-6,9,11H,2-3,7-8,10H2,1H3. The van der Waals surface area contributed by atoms with Crippen LogP contribution in [0.3, 0.4) is 0 Å². The van der Waals surface area contributed by atoms with Crippen LogP contribution in [0.5, 0.6) is 0 Å². The van der Waals surface area contributed by atoms with E-state index in [0.29, 0.717) is 37.4 Å². The normalized spacial score (nSPS) is 13.9. The molecule has 4 heterocycles. The number of fused-ring (bicyclic) bond motifs is 1. The second kappa shape index (κ2) is 7.90. The smallest absolute Gasteiger partial charge is 0.268 e. The molecule has 31 heavy (non-hydrogen) atoms. The summed E-state index contributed by atoms with van der Waals surface area (Å²) in [5.41, 5.74) is 1.20. The third kappa shape index (κ3) is 3.64. The van der Waals surface area contributed by atoms with E-state index < -0.39 is 0 Å². The largest absolute Gasteiger partial charge is 0.341 e. The molecule has 0 aliphatic carbocycles. The summed E-state index contributed by atoms with van der Waals surface area (Å²) < 4.78 is 6.84. The van der Waals surface area contributed by atoms with Crippen LogP contribution in [0, 0.1) is 6.92 Å². The highest BCUT2D eigenvalue weighted by atomic mass is 35.5. The lowest BCUT2D eigenvalue weighted by molar-refractivity contribution is -0.130. The van der Waals surface area contributed by atoms with Gasteiger partial charge in [-0.2, -0.15) is 4.98 Å². The minimum absolute atomic E-state index is 0.00807. The molecular weight excluding hydrogens is 438 g/mol. The Bertz CT molecular complexity index is 1350. The fraction of sp³-hybridized carbons (Fsp3) is 0.286. The summed E-state index contributed by atoms with van der Waals surface area (Å²) in [7, 11) is 0. The number of rotatable bonds is 4. The lowest BCUT2D eigenvalue weighted by atomic mass is 10.2. The number of aromatic nitrogens is 4. The van der Waals surface area contributed by atoms with Gasteiger partial charge in [0, 0.05) is 23.7 Å². The van der Waals surface area contributed by atoms with Crippen molar-refractivity contribution in [2.45, 2.75) is 26.3 Å².